The Bertz CT molecular complexity index is 904. The van der Waals surface area contributed by atoms with Crippen LogP contribution in [0.1, 0.15) is 38.1 Å². The van der Waals surface area contributed by atoms with E-state index in [0.29, 0.717) is 11.4 Å². The molecule has 2 saturated heterocycles. The fourth-order valence-electron chi connectivity index (χ4n) is 4.03. The summed E-state index contributed by atoms with van der Waals surface area (Å²) in [5, 5.41) is 16.0. The Morgan fingerprint density at radius 2 is 1.94 bits per heavy atom. The highest BCUT2D eigenvalue weighted by Gasteiger charge is 2.57. The van der Waals surface area contributed by atoms with Gasteiger partial charge in [0.1, 0.15) is 24.1 Å². The minimum atomic E-state index is -0.766. The molecule has 9 nitrogen and oxygen atoms in total. The van der Waals surface area contributed by atoms with Gasteiger partial charge in [0.05, 0.1) is 6.61 Å². The summed E-state index contributed by atoms with van der Waals surface area (Å²) in [5.41, 5.74) is 0.534. The molecule has 0 spiro atoms. The molecule has 174 valence electrons. The molecular weight excluding hydrogens is 480 g/mol. The Labute approximate surface area is 195 Å². The van der Waals surface area contributed by atoms with Gasteiger partial charge in [0.15, 0.2) is 18.3 Å². The lowest BCUT2D eigenvalue weighted by Gasteiger charge is -2.38. The van der Waals surface area contributed by atoms with E-state index in [0.717, 1.165) is 4.47 Å². The number of ether oxygens (including phenoxy) is 3. The summed E-state index contributed by atoms with van der Waals surface area (Å²) >= 11 is 3.37. The summed E-state index contributed by atoms with van der Waals surface area (Å²) in [6, 6.07) is 7.22. The quantitative estimate of drug-likeness (QED) is 0.557. The molecule has 1 aromatic carbocycles. The lowest BCUT2D eigenvalue weighted by atomic mass is 10.1. The smallest absolute Gasteiger partial charge is 0.256 e. The first kappa shape index (κ1) is 23.3. The van der Waals surface area contributed by atoms with Crippen molar-refractivity contribution in [3.8, 4) is 0 Å². The van der Waals surface area contributed by atoms with Crippen LogP contribution in [0.25, 0.3) is 0 Å². The van der Waals surface area contributed by atoms with Crippen molar-refractivity contribution in [2.45, 2.75) is 70.4 Å². The number of aliphatic hydroxyl groups excluding tert-OH is 1. The Morgan fingerprint density at radius 1 is 1.25 bits per heavy atom. The first-order valence-electron chi connectivity index (χ1n) is 10.7. The molecule has 1 aromatic rings. The second-order valence-corrected chi connectivity index (χ2v) is 9.66. The number of aliphatic hydroxyl groups is 1. The average Bonchev–Trinajstić information content (AvgIpc) is 3.21. The van der Waals surface area contributed by atoms with Crippen molar-refractivity contribution in [2.24, 2.45) is 4.99 Å². The summed E-state index contributed by atoms with van der Waals surface area (Å²) in [6.45, 7) is 7.55. The average molecular weight is 509 g/mol. The van der Waals surface area contributed by atoms with Gasteiger partial charge in [0.25, 0.3) is 5.91 Å². The van der Waals surface area contributed by atoms with E-state index in [-0.39, 0.29) is 24.7 Å². The van der Waals surface area contributed by atoms with Crippen LogP contribution in [0.4, 0.5) is 0 Å². The van der Waals surface area contributed by atoms with Crippen LogP contribution in [-0.2, 0) is 14.2 Å². The number of nitrogens with zero attached hydrogens (tertiary/aromatic N) is 2. The van der Waals surface area contributed by atoms with Gasteiger partial charge in [-0.25, -0.2) is 4.99 Å². The minimum Gasteiger partial charge on any atom is -0.394 e. The predicted octanol–water partition coefficient (Wildman–Crippen LogP) is 1.93. The fourth-order valence-corrected chi connectivity index (χ4v) is 4.30. The van der Waals surface area contributed by atoms with E-state index in [1.807, 2.05) is 50.9 Å². The largest absolute Gasteiger partial charge is 0.394 e. The zero-order valence-corrected chi connectivity index (χ0v) is 20.1. The van der Waals surface area contributed by atoms with Crippen molar-refractivity contribution in [1.82, 2.24) is 15.5 Å². The van der Waals surface area contributed by atoms with Gasteiger partial charge in [-0.05, 0) is 58.0 Å². The molecule has 1 unspecified atom stereocenters. The second-order valence-electron chi connectivity index (χ2n) is 8.75. The molecule has 3 aliphatic heterocycles. The summed E-state index contributed by atoms with van der Waals surface area (Å²) in [4.78, 5) is 19.2. The Morgan fingerprint density at radius 3 is 2.59 bits per heavy atom. The number of benzene rings is 1. The Balaban J connectivity index is 1.53. The third-order valence-corrected chi connectivity index (χ3v) is 5.91. The standard InChI is InChI=1S/C22H29BrN4O5/c1-12(2)24-21-26-16(25-19(29)13-5-7-14(23)8-6-13)9-10-27(21)20-18-17(15(11-28)30-20)31-22(3,4)32-18/h5-10,12,15,17-18,20-21,24,28H,11H2,1-4H3,(H,25,26,29)/t15-,17-,18-,20-,21?/m1/s1. The number of hydrogen-bond acceptors (Lipinski definition) is 8. The molecule has 4 rings (SSSR count). The SMILES string of the molecule is CC(C)NC1N=C(NC(=O)c2ccc(Br)cc2)C=CN1[C@@H]1O[C@H](CO)[C@H]2OC(C)(C)O[C@H]21. The maximum atomic E-state index is 12.6. The van der Waals surface area contributed by atoms with Gasteiger partial charge >= 0.3 is 0 Å². The second kappa shape index (κ2) is 9.20. The maximum absolute atomic E-state index is 12.6. The van der Waals surface area contributed by atoms with Crippen LogP contribution in [0.15, 0.2) is 46.0 Å². The van der Waals surface area contributed by atoms with Gasteiger partial charge in [-0.2, -0.15) is 0 Å². The molecule has 0 aromatic heterocycles. The number of fused-ring (bicyclic) bond motifs is 1. The van der Waals surface area contributed by atoms with Crippen LogP contribution in [0, 0.1) is 0 Å². The topological polar surface area (TPSA) is 105 Å². The zero-order chi connectivity index (χ0) is 23.0. The van der Waals surface area contributed by atoms with Crippen LogP contribution < -0.4 is 10.6 Å². The third-order valence-electron chi connectivity index (χ3n) is 5.38. The number of amides is 1. The van der Waals surface area contributed by atoms with Crippen LogP contribution in [0.3, 0.4) is 0 Å². The fraction of sp³-hybridized carbons (Fsp3) is 0.545. The van der Waals surface area contributed by atoms with E-state index in [9.17, 15) is 9.90 Å². The van der Waals surface area contributed by atoms with E-state index in [2.05, 4.69) is 26.6 Å². The van der Waals surface area contributed by atoms with Gasteiger partial charge in [-0.15, -0.1) is 0 Å². The lowest BCUT2D eigenvalue weighted by Crippen LogP contribution is -2.55. The maximum Gasteiger partial charge on any atom is 0.256 e. The van der Waals surface area contributed by atoms with Crippen molar-refractivity contribution in [1.29, 1.82) is 0 Å². The van der Waals surface area contributed by atoms with E-state index in [4.69, 9.17) is 19.2 Å². The summed E-state index contributed by atoms with van der Waals surface area (Å²) < 4.78 is 19.1. The van der Waals surface area contributed by atoms with E-state index < -0.39 is 30.5 Å². The molecule has 10 heteroatoms. The van der Waals surface area contributed by atoms with Gasteiger partial charge < -0.3 is 29.5 Å². The minimum absolute atomic E-state index is 0.115. The molecule has 32 heavy (non-hydrogen) atoms. The first-order chi connectivity index (χ1) is 15.2. The number of amidine groups is 1. The normalized spacial score (nSPS) is 31.0. The van der Waals surface area contributed by atoms with E-state index in [1.165, 1.54) is 0 Å². The Hall–Kier alpha value is -1.82. The predicted molar refractivity (Wildman–Crippen MR) is 122 cm³/mol. The molecule has 0 saturated carbocycles. The summed E-state index contributed by atoms with van der Waals surface area (Å²) in [6.07, 6.45) is 1.26. The van der Waals surface area contributed by atoms with Crippen molar-refractivity contribution >= 4 is 27.7 Å². The van der Waals surface area contributed by atoms with E-state index >= 15 is 0 Å². The Kier molecular flexibility index (Phi) is 6.71. The molecule has 2 fully saturated rings. The summed E-state index contributed by atoms with van der Waals surface area (Å²) in [5.74, 6) is -0.577. The molecule has 0 aliphatic carbocycles. The van der Waals surface area contributed by atoms with Crippen molar-refractivity contribution in [3.63, 3.8) is 0 Å². The third kappa shape index (κ3) is 4.90. The number of rotatable bonds is 5. The highest BCUT2D eigenvalue weighted by Crippen LogP contribution is 2.40. The van der Waals surface area contributed by atoms with E-state index in [1.54, 1.807) is 18.2 Å². The molecule has 1 amide bonds. The number of hydrogen-bond donors (Lipinski definition) is 3. The van der Waals surface area contributed by atoms with Crippen LogP contribution in [0.2, 0.25) is 0 Å². The molecule has 3 N–H and O–H groups in total. The summed E-state index contributed by atoms with van der Waals surface area (Å²) in [7, 11) is 0. The van der Waals surface area contributed by atoms with Gasteiger partial charge in [0.2, 0.25) is 0 Å². The van der Waals surface area contributed by atoms with Gasteiger partial charge in [0, 0.05) is 22.3 Å². The van der Waals surface area contributed by atoms with Crippen molar-refractivity contribution < 1.29 is 24.1 Å². The monoisotopic (exact) mass is 508 g/mol. The van der Waals surface area contributed by atoms with Crippen molar-refractivity contribution in [3.05, 3.63) is 46.6 Å². The van der Waals surface area contributed by atoms with Gasteiger partial charge in [-0.3, -0.25) is 10.1 Å². The highest BCUT2D eigenvalue weighted by atomic mass is 79.9. The number of nitrogens with one attached hydrogen (secondary N) is 2. The number of carbonyl (C=O) groups is 1. The van der Waals surface area contributed by atoms with Crippen LogP contribution in [0.5, 0.6) is 0 Å². The lowest BCUT2D eigenvalue weighted by molar-refractivity contribution is -0.208. The molecular formula is C22H29BrN4O5. The number of aliphatic imine (C=N–C) groups is 1. The molecule has 3 heterocycles. The molecule has 0 bridgehead atoms. The number of halogens is 1. The van der Waals surface area contributed by atoms with Crippen molar-refractivity contribution in [2.75, 3.05) is 6.61 Å². The number of carbonyl (C=O) groups excluding carboxylic acids is 1. The molecule has 0 radical (unpaired) electrons. The van der Waals surface area contributed by atoms with Crippen LogP contribution >= 0.6 is 15.9 Å². The zero-order valence-electron chi connectivity index (χ0n) is 18.5. The van der Waals surface area contributed by atoms with Crippen LogP contribution in [-0.4, -0.2) is 71.0 Å². The first-order valence-corrected chi connectivity index (χ1v) is 11.4. The van der Waals surface area contributed by atoms with Gasteiger partial charge in [-0.1, -0.05) is 15.9 Å². The highest BCUT2D eigenvalue weighted by molar-refractivity contribution is 9.10. The molecule has 3 aliphatic rings. The molecule has 5 atom stereocenters.